The van der Waals surface area contributed by atoms with E-state index in [0.717, 1.165) is 41.4 Å². The molecule has 7 aliphatic carbocycles. The third-order valence-electron chi connectivity index (χ3n) is 7.29. The number of rotatable bonds is 1. The van der Waals surface area contributed by atoms with Crippen LogP contribution in [0.1, 0.15) is 38.5 Å². The van der Waals surface area contributed by atoms with Crippen molar-refractivity contribution < 1.29 is 4.79 Å². The van der Waals surface area contributed by atoms with Crippen LogP contribution in [0.15, 0.2) is 0 Å². The lowest BCUT2D eigenvalue weighted by Gasteiger charge is -2.71. The third kappa shape index (κ3) is 0.762. The highest BCUT2D eigenvalue weighted by atomic mass is 16.1. The molecule has 0 amide bonds. The Kier molecular flexibility index (Phi) is 1.32. The molecule has 0 atom stereocenters. The molecule has 0 aromatic heterocycles. The Hall–Kier alpha value is -0.330. The lowest BCUT2D eigenvalue weighted by molar-refractivity contribution is -0.225. The fraction of sp³-hybridized carbons (Fsp3) is 0.933. The minimum Gasteiger partial charge on any atom is -0.303 e. The molecule has 0 aliphatic heterocycles. The van der Waals surface area contributed by atoms with E-state index in [0.29, 0.717) is 0 Å². The van der Waals surface area contributed by atoms with Gasteiger partial charge in [-0.25, -0.2) is 0 Å². The molecule has 7 aliphatic rings. The maximum Gasteiger partial charge on any atom is 0.126 e. The summed E-state index contributed by atoms with van der Waals surface area (Å²) in [6.07, 6.45) is 9.79. The molecule has 7 rings (SSSR count). The molecule has 0 aromatic rings. The molecule has 1 nitrogen and oxygen atoms in total. The predicted molar refractivity (Wildman–Crippen MR) is 60.6 cm³/mol. The van der Waals surface area contributed by atoms with Gasteiger partial charge in [-0.1, -0.05) is 0 Å². The van der Waals surface area contributed by atoms with Crippen LogP contribution in [-0.4, -0.2) is 6.29 Å². The molecule has 0 N–H and O–H groups in total. The average Bonchev–Trinajstić information content (AvgIpc) is 2.35. The second-order valence-corrected chi connectivity index (χ2v) is 7.65. The Morgan fingerprint density at radius 1 is 0.750 bits per heavy atom. The van der Waals surface area contributed by atoms with Gasteiger partial charge in [-0.05, 0) is 80.0 Å². The van der Waals surface area contributed by atoms with Gasteiger partial charge < -0.3 is 4.79 Å². The molecule has 7 fully saturated rings. The smallest absolute Gasteiger partial charge is 0.126 e. The fourth-order valence-corrected chi connectivity index (χ4v) is 7.11. The molecular weight excluding hydrogens is 196 g/mol. The number of hydrogen-bond donors (Lipinski definition) is 0. The van der Waals surface area contributed by atoms with Gasteiger partial charge >= 0.3 is 0 Å². The van der Waals surface area contributed by atoms with Gasteiger partial charge in [0.15, 0.2) is 0 Å². The number of aldehydes is 1. The van der Waals surface area contributed by atoms with Crippen LogP contribution in [0.3, 0.4) is 0 Å². The Morgan fingerprint density at radius 3 is 1.56 bits per heavy atom. The van der Waals surface area contributed by atoms with Crippen LogP contribution in [0.2, 0.25) is 0 Å². The van der Waals surface area contributed by atoms with Crippen molar-refractivity contribution in [1.82, 2.24) is 0 Å². The van der Waals surface area contributed by atoms with Gasteiger partial charge in [-0.15, -0.1) is 0 Å². The van der Waals surface area contributed by atoms with Crippen molar-refractivity contribution in [2.75, 3.05) is 0 Å². The predicted octanol–water partition coefficient (Wildman–Crippen LogP) is 2.89. The molecule has 0 heterocycles. The molecule has 86 valence electrons. The van der Waals surface area contributed by atoms with Crippen LogP contribution in [0.25, 0.3) is 0 Å². The maximum atomic E-state index is 11.5. The van der Waals surface area contributed by atoms with Crippen LogP contribution < -0.4 is 0 Å². The van der Waals surface area contributed by atoms with E-state index in [1.807, 2.05) is 0 Å². The molecule has 0 unspecified atom stereocenters. The first kappa shape index (κ1) is 8.72. The van der Waals surface area contributed by atoms with E-state index in [1.54, 1.807) is 0 Å². The highest BCUT2D eigenvalue weighted by molar-refractivity contribution is 5.61. The van der Waals surface area contributed by atoms with Gasteiger partial charge in [0, 0.05) is 5.41 Å². The van der Waals surface area contributed by atoms with Crippen molar-refractivity contribution in [3.63, 3.8) is 0 Å². The van der Waals surface area contributed by atoms with E-state index in [4.69, 9.17) is 0 Å². The standard InChI is InChI=1S/C15H20O/c16-7-15-4-12-9-1-8-2-10(12)14(6-15)11(3-8)13(9)5-15/h7-14H,1-6H2. The summed E-state index contributed by atoms with van der Waals surface area (Å²) in [5.74, 6) is 7.14. The minimum absolute atomic E-state index is 0.160. The quantitative estimate of drug-likeness (QED) is 0.616. The first-order valence-electron chi connectivity index (χ1n) is 7.26. The summed E-state index contributed by atoms with van der Waals surface area (Å²) in [6, 6.07) is 0. The Balaban J connectivity index is 1.67. The molecule has 8 bridgehead atoms. The van der Waals surface area contributed by atoms with Crippen molar-refractivity contribution in [2.24, 2.45) is 46.8 Å². The molecular formula is C15H20O. The minimum atomic E-state index is 0.160. The van der Waals surface area contributed by atoms with Crippen LogP contribution >= 0.6 is 0 Å². The molecule has 1 heteroatoms. The van der Waals surface area contributed by atoms with E-state index in [-0.39, 0.29) is 5.41 Å². The molecule has 0 spiro atoms. The largest absolute Gasteiger partial charge is 0.303 e. The fourth-order valence-electron chi connectivity index (χ4n) is 7.11. The number of hydrogen-bond acceptors (Lipinski definition) is 1. The van der Waals surface area contributed by atoms with E-state index in [9.17, 15) is 4.79 Å². The highest BCUT2D eigenvalue weighted by Crippen LogP contribution is 2.73. The Labute approximate surface area is 97.0 Å². The van der Waals surface area contributed by atoms with Gasteiger partial charge in [0.25, 0.3) is 0 Å². The van der Waals surface area contributed by atoms with Gasteiger partial charge in [0.1, 0.15) is 6.29 Å². The normalized spacial score (nSPS) is 68.9. The lowest BCUT2D eigenvalue weighted by Crippen LogP contribution is -2.65. The molecule has 0 saturated heterocycles. The van der Waals surface area contributed by atoms with E-state index < -0.39 is 0 Å². The van der Waals surface area contributed by atoms with Crippen LogP contribution in [-0.2, 0) is 4.79 Å². The SMILES string of the molecule is O=CC12CC3C4CC5CC3C(C1)C(C5)C4C2. The number of carbonyl (C=O) groups excluding carboxylic acids is 1. The zero-order valence-electron chi connectivity index (χ0n) is 9.77. The second kappa shape index (κ2) is 2.42. The first-order valence-corrected chi connectivity index (χ1v) is 7.26. The van der Waals surface area contributed by atoms with Gasteiger partial charge in [0.2, 0.25) is 0 Å². The summed E-state index contributed by atoms with van der Waals surface area (Å²) >= 11 is 0. The summed E-state index contributed by atoms with van der Waals surface area (Å²) in [6.45, 7) is 0. The summed E-state index contributed by atoms with van der Waals surface area (Å²) < 4.78 is 0. The monoisotopic (exact) mass is 216 g/mol. The van der Waals surface area contributed by atoms with Gasteiger partial charge in [-0.2, -0.15) is 0 Å². The second-order valence-electron chi connectivity index (χ2n) is 7.65. The van der Waals surface area contributed by atoms with Gasteiger partial charge in [-0.3, -0.25) is 0 Å². The van der Waals surface area contributed by atoms with Crippen molar-refractivity contribution in [3.05, 3.63) is 0 Å². The lowest BCUT2D eigenvalue weighted by atomic mass is 9.33. The topological polar surface area (TPSA) is 17.1 Å². The molecule has 0 radical (unpaired) electrons. The van der Waals surface area contributed by atoms with Gasteiger partial charge in [0.05, 0.1) is 0 Å². The molecule has 0 aromatic carbocycles. The highest BCUT2D eigenvalue weighted by Gasteiger charge is 2.67. The first-order chi connectivity index (χ1) is 7.80. The van der Waals surface area contributed by atoms with Crippen LogP contribution in [0.5, 0.6) is 0 Å². The maximum absolute atomic E-state index is 11.5. The van der Waals surface area contributed by atoms with E-state index >= 15 is 0 Å². The van der Waals surface area contributed by atoms with Crippen molar-refractivity contribution in [2.45, 2.75) is 38.5 Å². The third-order valence-corrected chi connectivity index (χ3v) is 7.29. The van der Waals surface area contributed by atoms with Crippen molar-refractivity contribution in [3.8, 4) is 0 Å². The Bertz CT molecular complexity index is 311. The summed E-state index contributed by atoms with van der Waals surface area (Å²) in [7, 11) is 0. The molecule has 16 heavy (non-hydrogen) atoms. The van der Waals surface area contributed by atoms with E-state index in [2.05, 4.69) is 0 Å². The van der Waals surface area contributed by atoms with Crippen molar-refractivity contribution >= 4 is 6.29 Å². The zero-order chi connectivity index (χ0) is 10.5. The number of carbonyl (C=O) groups is 1. The summed E-state index contributed by atoms with van der Waals surface area (Å²) in [4.78, 5) is 11.5. The van der Waals surface area contributed by atoms with Crippen LogP contribution in [0.4, 0.5) is 0 Å². The van der Waals surface area contributed by atoms with Crippen molar-refractivity contribution in [1.29, 1.82) is 0 Å². The van der Waals surface area contributed by atoms with Crippen LogP contribution in [0, 0.1) is 46.8 Å². The molecule has 7 saturated carbocycles. The summed E-state index contributed by atoms with van der Waals surface area (Å²) in [5.41, 5.74) is 0.160. The average molecular weight is 216 g/mol. The zero-order valence-corrected chi connectivity index (χ0v) is 9.77. The Morgan fingerprint density at radius 2 is 1.19 bits per heavy atom. The summed E-state index contributed by atoms with van der Waals surface area (Å²) in [5, 5.41) is 0. The van der Waals surface area contributed by atoms with E-state index in [1.165, 1.54) is 44.8 Å².